The Hall–Kier alpha value is -2.70. The Balaban J connectivity index is 2.01. The second-order valence-corrected chi connectivity index (χ2v) is 6.04. The van der Waals surface area contributed by atoms with Crippen LogP contribution in [0.5, 0.6) is 11.5 Å². The quantitative estimate of drug-likeness (QED) is 0.634. The molecule has 3 rings (SSSR count). The number of aromatic hydroxyl groups is 1. The molecule has 0 spiro atoms. The van der Waals surface area contributed by atoms with E-state index in [9.17, 15) is 14.7 Å². The third-order valence-corrected chi connectivity index (χ3v) is 4.00. The molecule has 0 saturated carbocycles. The van der Waals surface area contributed by atoms with Crippen molar-refractivity contribution in [2.24, 2.45) is 0 Å². The number of hydrazine groups is 1. The second kappa shape index (κ2) is 6.66. The molecule has 0 radical (unpaired) electrons. The fraction of sp³-hybridized carbons (Fsp3) is 0.0588. The van der Waals surface area contributed by atoms with Crippen LogP contribution in [0.4, 0.5) is 5.69 Å². The highest BCUT2D eigenvalue weighted by molar-refractivity contribution is 6.33. The van der Waals surface area contributed by atoms with Crippen LogP contribution in [0.25, 0.3) is 6.08 Å². The predicted octanol–water partition coefficient (Wildman–Crippen LogP) is 3.17. The van der Waals surface area contributed by atoms with Crippen LogP contribution < -0.4 is 15.2 Å². The Morgan fingerprint density at radius 1 is 1.16 bits per heavy atom. The molecular formula is C17H12Cl2N2O4. The molecule has 1 fully saturated rings. The number of carbonyl (C=O) groups excluding carboxylic acids is 2. The fourth-order valence-electron chi connectivity index (χ4n) is 2.37. The van der Waals surface area contributed by atoms with Crippen LogP contribution in [0.3, 0.4) is 0 Å². The van der Waals surface area contributed by atoms with Gasteiger partial charge >= 0.3 is 0 Å². The first-order valence-corrected chi connectivity index (χ1v) is 7.85. The summed E-state index contributed by atoms with van der Waals surface area (Å²) in [7, 11) is 1.37. The summed E-state index contributed by atoms with van der Waals surface area (Å²) in [4.78, 5) is 24.8. The van der Waals surface area contributed by atoms with Crippen molar-refractivity contribution in [1.82, 2.24) is 5.43 Å². The summed E-state index contributed by atoms with van der Waals surface area (Å²) in [6.45, 7) is 0. The van der Waals surface area contributed by atoms with E-state index in [0.717, 1.165) is 5.01 Å². The van der Waals surface area contributed by atoms with Gasteiger partial charge in [-0.25, -0.2) is 5.01 Å². The minimum Gasteiger partial charge on any atom is -0.504 e. The van der Waals surface area contributed by atoms with Crippen LogP contribution in [0, 0.1) is 0 Å². The smallest absolute Gasteiger partial charge is 0.282 e. The van der Waals surface area contributed by atoms with Crippen molar-refractivity contribution in [1.29, 1.82) is 0 Å². The lowest BCUT2D eigenvalue weighted by Gasteiger charge is -2.14. The maximum atomic E-state index is 12.6. The molecule has 0 atom stereocenters. The number of benzene rings is 2. The topological polar surface area (TPSA) is 78.9 Å². The largest absolute Gasteiger partial charge is 0.504 e. The van der Waals surface area contributed by atoms with Gasteiger partial charge < -0.3 is 9.84 Å². The summed E-state index contributed by atoms with van der Waals surface area (Å²) >= 11 is 11.9. The van der Waals surface area contributed by atoms with E-state index >= 15 is 0 Å². The highest BCUT2D eigenvalue weighted by atomic mass is 35.5. The van der Waals surface area contributed by atoms with Crippen molar-refractivity contribution in [2.75, 3.05) is 12.1 Å². The van der Waals surface area contributed by atoms with Crippen LogP contribution in [0.2, 0.25) is 10.0 Å². The Bertz CT molecular complexity index is 912. The van der Waals surface area contributed by atoms with E-state index in [1.165, 1.54) is 25.3 Å². The molecule has 6 nitrogen and oxygen atoms in total. The third-order valence-electron chi connectivity index (χ3n) is 3.55. The number of nitrogens with zero attached hydrogens (tertiary/aromatic N) is 1. The number of phenolic OH excluding ortho intramolecular Hbond substituents is 1. The lowest BCUT2D eigenvalue weighted by atomic mass is 10.1. The van der Waals surface area contributed by atoms with E-state index in [-0.39, 0.29) is 22.6 Å². The number of hydrogen-bond donors (Lipinski definition) is 2. The number of carbonyl (C=O) groups is 2. The van der Waals surface area contributed by atoms with Crippen molar-refractivity contribution >= 4 is 46.8 Å². The first-order valence-electron chi connectivity index (χ1n) is 7.10. The van der Waals surface area contributed by atoms with E-state index in [4.69, 9.17) is 27.9 Å². The molecule has 8 heteroatoms. The molecule has 0 bridgehead atoms. The van der Waals surface area contributed by atoms with Gasteiger partial charge in [-0.2, -0.15) is 0 Å². The Morgan fingerprint density at radius 2 is 1.92 bits per heavy atom. The van der Waals surface area contributed by atoms with E-state index in [1.807, 2.05) is 0 Å². The number of anilines is 1. The average molecular weight is 379 g/mol. The van der Waals surface area contributed by atoms with Gasteiger partial charge in [0.1, 0.15) is 5.57 Å². The molecule has 0 aromatic heterocycles. The number of phenols is 1. The van der Waals surface area contributed by atoms with Crippen LogP contribution in [-0.2, 0) is 9.59 Å². The van der Waals surface area contributed by atoms with Gasteiger partial charge in [0.15, 0.2) is 11.5 Å². The number of halogens is 2. The average Bonchev–Trinajstić information content (AvgIpc) is 2.86. The molecule has 1 aliphatic heterocycles. The Kier molecular flexibility index (Phi) is 4.57. The first kappa shape index (κ1) is 17.1. The van der Waals surface area contributed by atoms with Gasteiger partial charge in [-0.05, 0) is 30.3 Å². The molecule has 0 aliphatic carbocycles. The molecule has 1 heterocycles. The Morgan fingerprint density at radius 3 is 2.60 bits per heavy atom. The lowest BCUT2D eigenvalue weighted by Crippen LogP contribution is -2.35. The van der Waals surface area contributed by atoms with Crippen LogP contribution in [0.15, 0.2) is 42.0 Å². The van der Waals surface area contributed by atoms with Gasteiger partial charge in [-0.1, -0.05) is 29.3 Å². The van der Waals surface area contributed by atoms with Gasteiger partial charge in [-0.15, -0.1) is 0 Å². The van der Waals surface area contributed by atoms with Crippen LogP contribution in [-0.4, -0.2) is 24.0 Å². The van der Waals surface area contributed by atoms with Gasteiger partial charge in [0, 0.05) is 21.7 Å². The van der Waals surface area contributed by atoms with Gasteiger partial charge in [0.25, 0.3) is 11.8 Å². The number of nitrogens with one attached hydrogen (secondary N) is 1. The van der Waals surface area contributed by atoms with E-state index < -0.39 is 11.8 Å². The molecule has 0 unspecified atom stereocenters. The fourth-order valence-corrected chi connectivity index (χ4v) is 2.77. The number of rotatable bonds is 3. The molecule has 2 amide bonds. The summed E-state index contributed by atoms with van der Waals surface area (Å²) in [5.41, 5.74) is 2.91. The molecule has 2 N–H and O–H groups in total. The lowest BCUT2D eigenvalue weighted by molar-refractivity contribution is -0.117. The summed E-state index contributed by atoms with van der Waals surface area (Å²) in [6, 6.07) is 9.34. The van der Waals surface area contributed by atoms with Crippen LogP contribution in [0.1, 0.15) is 5.56 Å². The molecule has 1 saturated heterocycles. The molecular weight excluding hydrogens is 367 g/mol. The molecule has 25 heavy (non-hydrogen) atoms. The van der Waals surface area contributed by atoms with Crippen LogP contribution >= 0.6 is 23.2 Å². The summed E-state index contributed by atoms with van der Waals surface area (Å²) < 4.78 is 5.01. The summed E-state index contributed by atoms with van der Waals surface area (Å²) in [5, 5.41) is 12.0. The van der Waals surface area contributed by atoms with Gasteiger partial charge in [0.2, 0.25) is 0 Å². The highest BCUT2D eigenvalue weighted by Crippen LogP contribution is 2.35. The van der Waals surface area contributed by atoms with E-state index in [0.29, 0.717) is 15.7 Å². The van der Waals surface area contributed by atoms with E-state index in [2.05, 4.69) is 5.43 Å². The monoisotopic (exact) mass is 378 g/mol. The SMILES string of the molecule is COc1cc(Cl)cc(/C=C2\C(=O)NN(c3cccc(Cl)c3)C2=O)c1O. The summed E-state index contributed by atoms with van der Waals surface area (Å²) in [5.74, 6) is -1.27. The third kappa shape index (κ3) is 3.26. The molecule has 2 aromatic carbocycles. The standard InChI is InChI=1S/C17H12Cl2N2O4/c1-25-14-8-11(19)5-9(15(14)22)6-13-16(23)20-21(17(13)24)12-4-2-3-10(18)7-12/h2-8,22H,1H3,(H,20,23)/b13-6+. The number of methoxy groups -OCH3 is 1. The number of hydrogen-bond acceptors (Lipinski definition) is 4. The van der Waals surface area contributed by atoms with Gasteiger partial charge in [0.05, 0.1) is 12.8 Å². The van der Waals surface area contributed by atoms with Crippen molar-refractivity contribution in [2.45, 2.75) is 0 Å². The molecule has 2 aromatic rings. The minimum atomic E-state index is -0.608. The van der Waals surface area contributed by atoms with Crippen molar-refractivity contribution in [3.63, 3.8) is 0 Å². The second-order valence-electron chi connectivity index (χ2n) is 5.17. The number of amides is 2. The zero-order chi connectivity index (χ0) is 18.1. The maximum absolute atomic E-state index is 12.6. The maximum Gasteiger partial charge on any atom is 0.282 e. The Labute approximate surface area is 153 Å². The van der Waals surface area contributed by atoms with E-state index in [1.54, 1.807) is 24.3 Å². The normalized spacial score (nSPS) is 15.6. The van der Waals surface area contributed by atoms with Crippen molar-refractivity contribution < 1.29 is 19.4 Å². The zero-order valence-corrected chi connectivity index (χ0v) is 14.4. The summed E-state index contributed by atoms with van der Waals surface area (Å²) in [6.07, 6.45) is 1.26. The van der Waals surface area contributed by atoms with Gasteiger partial charge in [-0.3, -0.25) is 15.0 Å². The molecule has 128 valence electrons. The number of ether oxygens (including phenoxy) is 1. The zero-order valence-electron chi connectivity index (χ0n) is 12.9. The highest BCUT2D eigenvalue weighted by Gasteiger charge is 2.34. The predicted molar refractivity (Wildman–Crippen MR) is 94.7 cm³/mol. The van der Waals surface area contributed by atoms with Crippen molar-refractivity contribution in [3.8, 4) is 11.5 Å². The van der Waals surface area contributed by atoms with Crippen molar-refractivity contribution in [3.05, 3.63) is 57.6 Å². The minimum absolute atomic E-state index is 0.136. The molecule has 1 aliphatic rings. The first-order chi connectivity index (χ1) is 11.9.